The van der Waals surface area contributed by atoms with Crippen molar-refractivity contribution in [3.05, 3.63) is 66.5 Å². The molecular weight excluding hydrogens is 184 g/mol. The molecule has 0 heterocycles. The van der Waals surface area contributed by atoms with Crippen molar-refractivity contribution >= 4 is 5.57 Å². The van der Waals surface area contributed by atoms with Crippen LogP contribution in [0.4, 0.5) is 0 Å². The van der Waals surface area contributed by atoms with Crippen LogP contribution in [0.1, 0.15) is 12.5 Å². The summed E-state index contributed by atoms with van der Waals surface area (Å²) in [4.78, 5) is 0. The molecule has 78 valence electrons. The maximum Gasteiger partial charge on any atom is 0.111 e. The van der Waals surface area contributed by atoms with Gasteiger partial charge in [0, 0.05) is 0 Å². The first-order chi connectivity index (χ1) is 7.27. The van der Waals surface area contributed by atoms with Crippen LogP contribution in [0.25, 0.3) is 5.57 Å². The molecule has 0 saturated heterocycles. The van der Waals surface area contributed by atoms with E-state index in [1.807, 2.05) is 37.3 Å². The average Bonchev–Trinajstić information content (AvgIpc) is 2.31. The van der Waals surface area contributed by atoms with Gasteiger partial charge in [0.2, 0.25) is 0 Å². The first kappa shape index (κ1) is 11.3. The van der Waals surface area contributed by atoms with Gasteiger partial charge in [-0.15, -0.1) is 0 Å². The van der Waals surface area contributed by atoms with Gasteiger partial charge in [0.05, 0.1) is 7.11 Å². The zero-order valence-electron chi connectivity index (χ0n) is 9.23. The maximum absolute atomic E-state index is 4.97. The summed E-state index contributed by atoms with van der Waals surface area (Å²) >= 11 is 0. The van der Waals surface area contributed by atoms with E-state index in [9.17, 15) is 0 Å². The Morgan fingerprint density at radius 1 is 1.20 bits per heavy atom. The Balaban J connectivity index is 2.84. The van der Waals surface area contributed by atoms with Crippen molar-refractivity contribution in [1.82, 2.24) is 0 Å². The van der Waals surface area contributed by atoms with Crippen LogP contribution in [0.15, 0.2) is 60.9 Å². The van der Waals surface area contributed by atoms with E-state index < -0.39 is 0 Å². The molecule has 0 fully saturated rings. The third-order valence-corrected chi connectivity index (χ3v) is 2.13. The lowest BCUT2D eigenvalue weighted by atomic mass is 10.1. The molecule has 1 aromatic carbocycles. The smallest absolute Gasteiger partial charge is 0.111 e. The zero-order valence-corrected chi connectivity index (χ0v) is 9.23. The summed E-state index contributed by atoms with van der Waals surface area (Å²) in [7, 11) is 1.62. The molecule has 0 N–H and O–H groups in total. The van der Waals surface area contributed by atoms with Gasteiger partial charge in [-0.1, -0.05) is 49.1 Å². The highest BCUT2D eigenvalue weighted by molar-refractivity contribution is 5.73. The van der Waals surface area contributed by atoms with Crippen LogP contribution in [0.2, 0.25) is 0 Å². The summed E-state index contributed by atoms with van der Waals surface area (Å²) in [6.07, 6.45) is 5.93. The van der Waals surface area contributed by atoms with Crippen molar-refractivity contribution < 1.29 is 4.74 Å². The van der Waals surface area contributed by atoms with Crippen molar-refractivity contribution in [3.63, 3.8) is 0 Å². The molecule has 15 heavy (non-hydrogen) atoms. The molecule has 0 atom stereocenters. The highest BCUT2D eigenvalue weighted by Crippen LogP contribution is 2.15. The van der Waals surface area contributed by atoms with E-state index in [1.54, 1.807) is 7.11 Å². The van der Waals surface area contributed by atoms with Crippen LogP contribution in [-0.2, 0) is 4.74 Å². The molecule has 1 nitrogen and oxygen atoms in total. The second kappa shape index (κ2) is 5.86. The molecule has 0 aliphatic carbocycles. The standard InChI is InChI=1S/C14H16O/c1-4-13(11-10-12(2)15-3)14-8-6-5-7-9-14/h4-11H,2H2,1,3H3/b11-10-,13-4+. The molecular formula is C14H16O. The molecule has 0 amide bonds. The molecule has 0 saturated carbocycles. The summed E-state index contributed by atoms with van der Waals surface area (Å²) in [5.41, 5.74) is 2.36. The van der Waals surface area contributed by atoms with Gasteiger partial charge in [-0.25, -0.2) is 0 Å². The van der Waals surface area contributed by atoms with Crippen LogP contribution in [0.3, 0.4) is 0 Å². The van der Waals surface area contributed by atoms with Crippen molar-refractivity contribution in [1.29, 1.82) is 0 Å². The fourth-order valence-corrected chi connectivity index (χ4v) is 1.24. The van der Waals surface area contributed by atoms with Gasteiger partial charge in [-0.3, -0.25) is 0 Å². The SMILES string of the molecule is C=C(/C=C\C(=C/C)c1ccccc1)OC. The van der Waals surface area contributed by atoms with E-state index in [1.165, 1.54) is 5.56 Å². The number of rotatable bonds is 4. The van der Waals surface area contributed by atoms with E-state index in [4.69, 9.17) is 4.74 Å². The van der Waals surface area contributed by atoms with Gasteiger partial charge in [-0.2, -0.15) is 0 Å². The van der Waals surface area contributed by atoms with Crippen LogP contribution in [0, 0.1) is 0 Å². The monoisotopic (exact) mass is 200 g/mol. The molecule has 0 aliphatic rings. The number of allylic oxidation sites excluding steroid dienone is 4. The average molecular weight is 200 g/mol. The Morgan fingerprint density at radius 3 is 2.40 bits per heavy atom. The summed E-state index contributed by atoms with van der Waals surface area (Å²) < 4.78 is 4.97. The van der Waals surface area contributed by atoms with Gasteiger partial charge in [-0.05, 0) is 24.1 Å². The van der Waals surface area contributed by atoms with Gasteiger partial charge in [0.15, 0.2) is 0 Å². The van der Waals surface area contributed by atoms with E-state index in [0.717, 1.165) is 5.57 Å². The second-order valence-electron chi connectivity index (χ2n) is 3.11. The minimum Gasteiger partial charge on any atom is -0.497 e. The molecule has 1 heteroatoms. The van der Waals surface area contributed by atoms with Gasteiger partial charge < -0.3 is 4.74 Å². The van der Waals surface area contributed by atoms with Gasteiger partial charge in [0.25, 0.3) is 0 Å². The Kier molecular flexibility index (Phi) is 4.42. The van der Waals surface area contributed by atoms with Crippen molar-refractivity contribution in [2.75, 3.05) is 7.11 Å². The van der Waals surface area contributed by atoms with Gasteiger partial charge in [0.1, 0.15) is 5.76 Å². The Bertz CT molecular complexity index is 372. The zero-order chi connectivity index (χ0) is 11.1. The molecule has 1 rings (SSSR count). The number of ether oxygens (including phenoxy) is 1. The normalized spacial score (nSPS) is 11.7. The Morgan fingerprint density at radius 2 is 1.87 bits per heavy atom. The fraction of sp³-hybridized carbons (Fsp3) is 0.143. The molecule has 0 bridgehead atoms. The number of hydrogen-bond acceptors (Lipinski definition) is 1. The van der Waals surface area contributed by atoms with Crippen molar-refractivity contribution in [2.24, 2.45) is 0 Å². The molecule has 0 radical (unpaired) electrons. The second-order valence-corrected chi connectivity index (χ2v) is 3.11. The van der Waals surface area contributed by atoms with E-state index in [0.29, 0.717) is 5.76 Å². The molecule has 1 aromatic rings. The Labute approximate surface area is 91.4 Å². The maximum atomic E-state index is 4.97. The third-order valence-electron chi connectivity index (χ3n) is 2.13. The van der Waals surface area contributed by atoms with Crippen LogP contribution in [0.5, 0.6) is 0 Å². The van der Waals surface area contributed by atoms with Crippen LogP contribution >= 0.6 is 0 Å². The van der Waals surface area contributed by atoms with E-state index in [-0.39, 0.29) is 0 Å². The molecule has 0 aliphatic heterocycles. The lowest BCUT2D eigenvalue weighted by Gasteiger charge is -2.02. The molecule has 0 aromatic heterocycles. The molecule has 0 unspecified atom stereocenters. The number of benzene rings is 1. The minimum absolute atomic E-state index is 0.658. The summed E-state index contributed by atoms with van der Waals surface area (Å²) in [6, 6.07) is 10.2. The summed E-state index contributed by atoms with van der Waals surface area (Å²) in [6.45, 7) is 5.75. The van der Waals surface area contributed by atoms with Crippen LogP contribution < -0.4 is 0 Å². The topological polar surface area (TPSA) is 9.23 Å². The van der Waals surface area contributed by atoms with Gasteiger partial charge >= 0.3 is 0 Å². The highest BCUT2D eigenvalue weighted by Gasteiger charge is 1.94. The van der Waals surface area contributed by atoms with E-state index >= 15 is 0 Å². The summed E-state index contributed by atoms with van der Waals surface area (Å²) in [5.74, 6) is 0.658. The lowest BCUT2D eigenvalue weighted by Crippen LogP contribution is -1.81. The predicted octanol–water partition coefficient (Wildman–Crippen LogP) is 3.81. The first-order valence-corrected chi connectivity index (χ1v) is 4.90. The number of methoxy groups -OCH3 is 1. The quantitative estimate of drug-likeness (QED) is 0.530. The fourth-order valence-electron chi connectivity index (χ4n) is 1.24. The lowest BCUT2D eigenvalue weighted by molar-refractivity contribution is 0.309. The predicted molar refractivity (Wildman–Crippen MR) is 65.4 cm³/mol. The largest absolute Gasteiger partial charge is 0.497 e. The minimum atomic E-state index is 0.658. The summed E-state index contributed by atoms with van der Waals surface area (Å²) in [5, 5.41) is 0. The third kappa shape index (κ3) is 3.47. The van der Waals surface area contributed by atoms with E-state index in [2.05, 4.69) is 24.8 Å². The Hall–Kier alpha value is -1.76. The van der Waals surface area contributed by atoms with Crippen LogP contribution in [-0.4, -0.2) is 7.11 Å². The highest BCUT2D eigenvalue weighted by atomic mass is 16.5. The van der Waals surface area contributed by atoms with Crippen molar-refractivity contribution in [3.8, 4) is 0 Å². The van der Waals surface area contributed by atoms with Crippen molar-refractivity contribution in [2.45, 2.75) is 6.92 Å². The first-order valence-electron chi connectivity index (χ1n) is 4.90. The number of hydrogen-bond donors (Lipinski definition) is 0. The molecule has 0 spiro atoms.